The summed E-state index contributed by atoms with van der Waals surface area (Å²) in [6, 6.07) is 0. The molecule has 0 saturated heterocycles. The third kappa shape index (κ3) is 3.76. The van der Waals surface area contributed by atoms with Gasteiger partial charge in [0.05, 0.1) is 0 Å². The van der Waals surface area contributed by atoms with Crippen molar-refractivity contribution in [3.05, 3.63) is 0 Å². The van der Waals surface area contributed by atoms with E-state index in [4.69, 9.17) is 4.89 Å². The van der Waals surface area contributed by atoms with Crippen LogP contribution in [-0.2, 0) is 14.2 Å². The second-order valence-corrected chi connectivity index (χ2v) is 2.24. The fourth-order valence-electron chi connectivity index (χ4n) is 0.187. The minimum absolute atomic E-state index is 0.863. The normalized spacial score (nSPS) is 10.6. The van der Waals surface area contributed by atoms with Crippen molar-refractivity contribution in [2.45, 2.75) is 0 Å². The van der Waals surface area contributed by atoms with Gasteiger partial charge in [0.25, 0.3) is 0 Å². The van der Waals surface area contributed by atoms with E-state index in [9.17, 15) is 19.3 Å². The Balaban J connectivity index is 3.79. The van der Waals surface area contributed by atoms with E-state index >= 15 is 0 Å². The Morgan fingerprint density at radius 3 is 2.11 bits per heavy atom. The van der Waals surface area contributed by atoms with Gasteiger partial charge in [0.1, 0.15) is 5.97 Å². The van der Waals surface area contributed by atoms with Crippen molar-refractivity contribution in [2.24, 2.45) is 0 Å². The van der Waals surface area contributed by atoms with Crippen LogP contribution in [0, 0.1) is 0 Å². The smallest absolute Gasteiger partial charge is 0.513 e. The molecule has 50 valence electrons. The average Bonchev–Trinajstić information content (AvgIpc) is 1.63. The van der Waals surface area contributed by atoms with E-state index in [0.29, 0.717) is 0 Å². The molecule has 0 spiro atoms. The summed E-state index contributed by atoms with van der Waals surface area (Å²) in [6.45, 7) is 0. The molecule has 0 bridgehead atoms. The molecule has 0 aliphatic heterocycles. The lowest BCUT2D eigenvalue weighted by Crippen LogP contribution is -2.32. The Kier molecular flexibility index (Phi) is 2.98. The molecule has 0 aliphatic rings. The highest BCUT2D eigenvalue weighted by atomic mass is 31.1. The highest BCUT2D eigenvalue weighted by Crippen LogP contribution is 2.10. The Morgan fingerprint density at radius 1 is 1.56 bits per heavy atom. The van der Waals surface area contributed by atoms with E-state index < -0.39 is 25.9 Å². The summed E-state index contributed by atoms with van der Waals surface area (Å²) in [5, 5.41) is 9.53. The van der Waals surface area contributed by atoms with Gasteiger partial charge in [-0.05, 0) is 4.57 Å². The lowest BCUT2D eigenvalue weighted by molar-refractivity contribution is -0.299. The molecule has 0 aromatic rings. The van der Waals surface area contributed by atoms with Crippen molar-refractivity contribution >= 4 is 19.8 Å². The first-order valence-corrected chi connectivity index (χ1v) is 3.31. The molecule has 0 fully saturated rings. The molecule has 1 N–H and O–H groups in total. The first kappa shape index (κ1) is 8.20. The highest BCUT2D eigenvalue weighted by Gasteiger charge is 2.17. The van der Waals surface area contributed by atoms with Gasteiger partial charge >= 0.3 is 8.03 Å². The van der Waals surface area contributed by atoms with Gasteiger partial charge in [-0.25, -0.2) is 0 Å². The van der Waals surface area contributed by atoms with Crippen LogP contribution >= 0.6 is 8.03 Å². The van der Waals surface area contributed by atoms with Gasteiger partial charge < -0.3 is 9.90 Å². The number of carboxylic acid groups (broad SMARTS) is 1. The van der Waals surface area contributed by atoms with Gasteiger partial charge in [-0.2, -0.15) is 4.89 Å². The molecule has 5 nitrogen and oxygen atoms in total. The topological polar surface area (TPSA) is 94.5 Å². The van der Waals surface area contributed by atoms with E-state index in [1.807, 2.05) is 0 Å². The molecular formula is C3H3O5P. The number of aliphatic carboxylic acids is 1. The Labute approximate surface area is 51.2 Å². The summed E-state index contributed by atoms with van der Waals surface area (Å²) in [6.07, 6.45) is -0.863. The number of rotatable bonds is 3. The predicted octanol–water partition coefficient (Wildman–Crippen LogP) is -1.96. The molecule has 0 aliphatic carbocycles. The van der Waals surface area contributed by atoms with Crippen LogP contribution in [0.4, 0.5) is 0 Å². The molecule has 0 aromatic heterocycles. The van der Waals surface area contributed by atoms with Gasteiger partial charge in [0.2, 0.25) is 11.9 Å². The quantitative estimate of drug-likeness (QED) is 0.372. The summed E-state index contributed by atoms with van der Waals surface area (Å²) in [4.78, 5) is 27.5. The summed E-state index contributed by atoms with van der Waals surface area (Å²) >= 11 is 0. The van der Waals surface area contributed by atoms with Gasteiger partial charge in [0.15, 0.2) is 0 Å². The van der Waals surface area contributed by atoms with Crippen LogP contribution in [0.15, 0.2) is 0 Å². The van der Waals surface area contributed by atoms with Crippen molar-refractivity contribution in [1.82, 2.24) is 0 Å². The zero-order chi connectivity index (χ0) is 7.44. The number of ketones is 1. The van der Waals surface area contributed by atoms with Gasteiger partial charge in [-0.15, -0.1) is 0 Å². The zero-order valence-corrected chi connectivity index (χ0v) is 5.13. The molecule has 0 radical (unpaired) electrons. The summed E-state index contributed by atoms with van der Waals surface area (Å²) in [5.41, 5.74) is 0. The molecule has 9 heavy (non-hydrogen) atoms. The van der Waals surface area contributed by atoms with Crippen molar-refractivity contribution in [3.8, 4) is 0 Å². The SMILES string of the molecule is O=C([O-])C(=O)C[P+](=O)O. The van der Waals surface area contributed by atoms with Crippen LogP contribution < -0.4 is 5.11 Å². The number of carbonyl (C=O) groups excluding carboxylic acids is 2. The molecule has 0 heterocycles. The molecule has 0 saturated carbocycles. The minimum atomic E-state index is -2.69. The number of carboxylic acids is 1. The third-order valence-electron chi connectivity index (χ3n) is 0.507. The molecule has 1 unspecified atom stereocenters. The standard InChI is InChI=1S/C3H3O5P/c4-2(3(5)6)1-9(7)8/h1H2,(H-,5,6,7,8). The number of hydrogen-bond donors (Lipinski definition) is 1. The Morgan fingerprint density at radius 2 is 2.00 bits per heavy atom. The van der Waals surface area contributed by atoms with Crippen molar-refractivity contribution in [3.63, 3.8) is 0 Å². The van der Waals surface area contributed by atoms with Crippen LogP contribution in [0.2, 0.25) is 0 Å². The van der Waals surface area contributed by atoms with Crippen LogP contribution in [-0.4, -0.2) is 22.8 Å². The molecule has 1 atom stereocenters. The molecular weight excluding hydrogens is 147 g/mol. The van der Waals surface area contributed by atoms with E-state index in [1.54, 1.807) is 0 Å². The highest BCUT2D eigenvalue weighted by molar-refractivity contribution is 7.39. The van der Waals surface area contributed by atoms with Crippen molar-refractivity contribution in [2.75, 3.05) is 6.16 Å². The van der Waals surface area contributed by atoms with E-state index in [1.165, 1.54) is 0 Å². The zero-order valence-electron chi connectivity index (χ0n) is 4.23. The maximum absolute atomic E-state index is 9.95. The lowest BCUT2D eigenvalue weighted by atomic mass is 10.5. The predicted molar refractivity (Wildman–Crippen MR) is 24.7 cm³/mol. The van der Waals surface area contributed by atoms with Gasteiger partial charge in [-0.1, -0.05) is 0 Å². The Hall–Kier alpha value is -0.800. The second kappa shape index (κ2) is 3.27. The minimum Gasteiger partial charge on any atom is -0.542 e. The van der Waals surface area contributed by atoms with E-state index in [-0.39, 0.29) is 0 Å². The fourth-order valence-corrected chi connectivity index (χ4v) is 0.562. The Bertz CT molecular complexity index is 162. The van der Waals surface area contributed by atoms with Crippen molar-refractivity contribution in [1.29, 1.82) is 0 Å². The maximum atomic E-state index is 9.95. The number of Topliss-reactive ketones (excluding diaryl/α,β-unsaturated/α-hetero) is 1. The van der Waals surface area contributed by atoms with Crippen LogP contribution in [0.1, 0.15) is 0 Å². The fraction of sp³-hybridized carbons (Fsp3) is 0.333. The number of carbonyl (C=O) groups is 2. The van der Waals surface area contributed by atoms with E-state index in [2.05, 4.69) is 0 Å². The van der Waals surface area contributed by atoms with Crippen LogP contribution in [0.25, 0.3) is 0 Å². The second-order valence-electron chi connectivity index (χ2n) is 1.22. The molecule has 0 amide bonds. The first-order valence-electron chi connectivity index (χ1n) is 1.91. The lowest BCUT2D eigenvalue weighted by Gasteiger charge is -1.89. The molecule has 0 rings (SSSR count). The largest absolute Gasteiger partial charge is 0.542 e. The third-order valence-corrected chi connectivity index (χ3v) is 1.06. The average molecular weight is 150 g/mol. The van der Waals surface area contributed by atoms with Gasteiger partial charge in [0, 0.05) is 0 Å². The summed E-state index contributed by atoms with van der Waals surface area (Å²) in [7, 11) is -2.69. The molecule has 6 heteroatoms. The maximum Gasteiger partial charge on any atom is 0.513 e. The van der Waals surface area contributed by atoms with Crippen LogP contribution in [0.3, 0.4) is 0 Å². The monoisotopic (exact) mass is 150 g/mol. The summed E-state index contributed by atoms with van der Waals surface area (Å²) < 4.78 is 9.75. The van der Waals surface area contributed by atoms with E-state index in [0.717, 1.165) is 0 Å². The van der Waals surface area contributed by atoms with Crippen molar-refractivity contribution < 1.29 is 24.2 Å². The van der Waals surface area contributed by atoms with Gasteiger partial charge in [-0.3, -0.25) is 4.79 Å². The summed E-state index contributed by atoms with van der Waals surface area (Å²) in [5.74, 6) is -3.27. The van der Waals surface area contributed by atoms with Crippen LogP contribution in [0.5, 0.6) is 0 Å². The first-order chi connectivity index (χ1) is 4.04. The number of hydrogen-bond acceptors (Lipinski definition) is 4. The molecule has 0 aromatic carbocycles.